The molecule has 0 aliphatic rings. The first kappa shape index (κ1) is 27.7. The molecule has 202 valence electrons. The minimum atomic E-state index is -1.78. The molecule has 0 unspecified atom stereocenters. The normalized spacial score (nSPS) is 12.2. The Morgan fingerprint density at radius 3 is 1.23 bits per heavy atom. The lowest BCUT2D eigenvalue weighted by Crippen LogP contribution is -2.11. The average Bonchev–Trinajstić information content (AvgIpc) is 3.39. The second-order valence-electron chi connectivity index (χ2n) is 10.1. The van der Waals surface area contributed by atoms with Gasteiger partial charge in [-0.05, 0) is 47.9 Å². The molecule has 0 aliphatic heterocycles. The van der Waals surface area contributed by atoms with Gasteiger partial charge in [0.2, 0.25) is 0 Å². The molecule has 1 aromatic heterocycles. The Morgan fingerprint density at radius 1 is 0.487 bits per heavy atom. The predicted molar refractivity (Wildman–Crippen MR) is 174 cm³/mol. The van der Waals surface area contributed by atoms with Crippen LogP contribution in [-0.2, 0) is 13.1 Å². The monoisotopic (exact) mass is 554 g/mol. The smallest absolute Gasteiger partial charge is 0.144 e. The lowest BCUT2D eigenvalue weighted by molar-refractivity contribution is 0.674. The average molecular weight is 555 g/mol. The van der Waals surface area contributed by atoms with E-state index in [2.05, 4.69) is 125 Å². The number of hydrogen-bond acceptors (Lipinski definition) is 3. The van der Waals surface area contributed by atoms with Crippen molar-refractivity contribution >= 4 is 46.7 Å². The third-order valence-electron chi connectivity index (χ3n) is 8.21. The van der Waals surface area contributed by atoms with E-state index in [1.807, 2.05) is 0 Å². The van der Waals surface area contributed by atoms with Crippen LogP contribution >= 0.6 is 14.1 Å². The van der Waals surface area contributed by atoms with Crippen LogP contribution in [0.5, 0.6) is 0 Å². The van der Waals surface area contributed by atoms with Gasteiger partial charge in [-0.15, -0.1) is 0 Å². The minimum Gasteiger partial charge on any atom is -0.455 e. The Kier molecular flexibility index (Phi) is 8.61. The van der Waals surface area contributed by atoms with Gasteiger partial charge in [0.05, 0.1) is 13.1 Å². The topological polar surface area (TPSA) is 37.9 Å². The fourth-order valence-electron chi connectivity index (χ4n) is 5.73. The fourth-order valence-corrected chi connectivity index (χ4v) is 11.8. The highest BCUT2D eigenvalue weighted by Crippen LogP contribution is 2.53. The molecule has 0 radical (unpaired) electrons. The van der Waals surface area contributed by atoms with Gasteiger partial charge in [0.15, 0.2) is 0 Å². The van der Waals surface area contributed by atoms with Gasteiger partial charge >= 0.3 is 0 Å². The zero-order chi connectivity index (χ0) is 27.3. The van der Waals surface area contributed by atoms with Crippen molar-refractivity contribution < 1.29 is 4.42 Å². The molecule has 5 heteroatoms. The van der Waals surface area contributed by atoms with Crippen LogP contribution in [0.15, 0.2) is 111 Å². The first-order chi connectivity index (χ1) is 19.1. The van der Waals surface area contributed by atoms with Crippen LogP contribution in [0.2, 0.25) is 0 Å². The summed E-state index contributed by atoms with van der Waals surface area (Å²) in [7, 11) is -3.56. The van der Waals surface area contributed by atoms with E-state index in [9.17, 15) is 0 Å². The summed E-state index contributed by atoms with van der Waals surface area (Å²) in [6.07, 6.45) is 4.14. The summed E-state index contributed by atoms with van der Waals surface area (Å²) in [6, 6.07) is 34.7. The van der Waals surface area contributed by atoms with Gasteiger partial charge in [0, 0.05) is 35.5 Å². The zero-order valence-corrected chi connectivity index (χ0v) is 25.5. The molecule has 0 atom stereocenters. The van der Waals surface area contributed by atoms with Crippen LogP contribution in [0.25, 0.3) is 21.9 Å². The van der Waals surface area contributed by atoms with Crippen molar-refractivity contribution in [3.8, 4) is 0 Å². The Balaban J connectivity index is 1.70. The third kappa shape index (κ3) is 5.32. The molecular weight excluding hydrogens is 514 g/mol. The van der Waals surface area contributed by atoms with Gasteiger partial charge in [-0.25, -0.2) is 0 Å². The molecule has 0 amide bonds. The predicted octanol–water partition coefficient (Wildman–Crippen LogP) is 9.72. The highest BCUT2D eigenvalue weighted by Gasteiger charge is 2.27. The van der Waals surface area contributed by atoms with Crippen LogP contribution in [0.4, 0.5) is 0 Å². The van der Waals surface area contributed by atoms with Crippen molar-refractivity contribution in [1.29, 1.82) is 0 Å². The summed E-state index contributed by atoms with van der Waals surface area (Å²) >= 11 is 0. The number of benzene rings is 4. The lowest BCUT2D eigenvalue weighted by atomic mass is 10.1. The van der Waals surface area contributed by atoms with E-state index in [0.717, 1.165) is 48.9 Å². The molecule has 0 bridgehead atoms. The van der Waals surface area contributed by atoms with E-state index >= 15 is 0 Å². The SMILES string of the molecule is CCP(CC)(=NCc1ccccc1)c1cccc2c1oc1c(P(CC)(CC)=NCc3ccccc3)cccc12. The first-order valence-electron chi connectivity index (χ1n) is 14.2. The summed E-state index contributed by atoms with van der Waals surface area (Å²) in [5, 5.41) is 5.03. The number of nitrogens with zero attached hydrogens (tertiary/aromatic N) is 2. The van der Waals surface area contributed by atoms with E-state index in [1.54, 1.807) is 0 Å². The highest BCUT2D eigenvalue weighted by molar-refractivity contribution is 7.74. The van der Waals surface area contributed by atoms with E-state index < -0.39 is 14.1 Å². The molecule has 0 spiro atoms. The highest BCUT2D eigenvalue weighted by atomic mass is 31.2. The number of hydrogen-bond donors (Lipinski definition) is 0. The first-order valence-corrected chi connectivity index (χ1v) is 18.5. The maximum absolute atomic E-state index is 6.97. The second kappa shape index (κ2) is 12.1. The number of rotatable bonds is 10. The quantitative estimate of drug-likeness (QED) is 0.158. The molecule has 0 saturated carbocycles. The Hall–Kier alpha value is -2.86. The Labute approximate surface area is 233 Å². The van der Waals surface area contributed by atoms with Gasteiger partial charge in [-0.3, -0.25) is 9.49 Å². The summed E-state index contributed by atoms with van der Waals surface area (Å²) < 4.78 is 17.9. The van der Waals surface area contributed by atoms with Gasteiger partial charge in [0.25, 0.3) is 0 Å². The van der Waals surface area contributed by atoms with Crippen LogP contribution in [-0.4, -0.2) is 24.6 Å². The summed E-state index contributed by atoms with van der Waals surface area (Å²) in [5.74, 6) is 0. The van der Waals surface area contributed by atoms with E-state index in [4.69, 9.17) is 13.9 Å². The van der Waals surface area contributed by atoms with Crippen LogP contribution in [0.3, 0.4) is 0 Å². The van der Waals surface area contributed by atoms with Crippen LogP contribution in [0.1, 0.15) is 38.8 Å². The van der Waals surface area contributed by atoms with E-state index in [0.29, 0.717) is 0 Å². The number of para-hydroxylation sites is 2. The van der Waals surface area contributed by atoms with E-state index in [-0.39, 0.29) is 0 Å². The van der Waals surface area contributed by atoms with Gasteiger partial charge in [-0.2, -0.15) is 0 Å². The third-order valence-corrected chi connectivity index (χ3v) is 16.3. The minimum absolute atomic E-state index is 0.747. The summed E-state index contributed by atoms with van der Waals surface area (Å²) in [5.41, 5.74) is 4.59. The van der Waals surface area contributed by atoms with Gasteiger partial charge < -0.3 is 4.42 Å². The lowest BCUT2D eigenvalue weighted by Gasteiger charge is -2.23. The fraction of sp³-hybridized carbons (Fsp3) is 0.294. The molecule has 0 N–H and O–H groups in total. The van der Waals surface area contributed by atoms with Crippen molar-refractivity contribution in [1.82, 2.24) is 0 Å². The van der Waals surface area contributed by atoms with Gasteiger partial charge in [0.1, 0.15) is 11.2 Å². The molecule has 5 rings (SSSR count). The number of fused-ring (bicyclic) bond motifs is 3. The Morgan fingerprint density at radius 2 is 0.872 bits per heavy atom. The van der Waals surface area contributed by atoms with Crippen LogP contribution in [0, 0.1) is 0 Å². The van der Waals surface area contributed by atoms with Crippen molar-refractivity contribution in [2.75, 3.05) is 24.6 Å². The maximum Gasteiger partial charge on any atom is 0.144 e. The summed E-state index contributed by atoms with van der Waals surface area (Å²) in [6.45, 7) is 10.7. The standard InChI is InChI=1S/C34H40N2OP2/c1-5-38(6-2,35-25-27-17-11-9-12-18-27)31-23-15-21-29-30-22-16-24-32(34(30)37-33(29)31)39(7-3,8-4)36-26-28-19-13-10-14-20-28/h9-24H,5-8,25-26H2,1-4H3. The van der Waals surface area contributed by atoms with Crippen molar-refractivity contribution in [2.24, 2.45) is 9.49 Å². The molecule has 0 aliphatic carbocycles. The molecule has 5 aromatic rings. The maximum atomic E-state index is 6.97. The molecule has 0 fully saturated rings. The van der Waals surface area contributed by atoms with Crippen molar-refractivity contribution in [2.45, 2.75) is 40.8 Å². The molecule has 1 heterocycles. The zero-order valence-electron chi connectivity index (χ0n) is 23.7. The Bertz CT molecular complexity index is 1530. The van der Waals surface area contributed by atoms with Crippen molar-refractivity contribution in [3.63, 3.8) is 0 Å². The van der Waals surface area contributed by atoms with Crippen molar-refractivity contribution in [3.05, 3.63) is 108 Å². The number of furan rings is 1. The largest absolute Gasteiger partial charge is 0.455 e. The molecule has 3 nitrogen and oxygen atoms in total. The van der Waals surface area contributed by atoms with Gasteiger partial charge in [-0.1, -0.05) is 113 Å². The molecular formula is C34H40N2OP2. The summed E-state index contributed by atoms with van der Waals surface area (Å²) in [4.78, 5) is 0. The molecule has 4 aromatic carbocycles. The second-order valence-corrected chi connectivity index (χ2v) is 17.8. The molecule has 0 saturated heterocycles. The molecule has 39 heavy (non-hydrogen) atoms. The van der Waals surface area contributed by atoms with Crippen LogP contribution < -0.4 is 10.6 Å². The van der Waals surface area contributed by atoms with E-state index in [1.165, 1.54) is 32.5 Å².